The van der Waals surface area contributed by atoms with Crippen molar-refractivity contribution >= 4 is 5.69 Å². The molecule has 1 heterocycles. The second-order valence-electron chi connectivity index (χ2n) is 5.19. The molecular formula is C15H25N3. The van der Waals surface area contributed by atoms with Crippen LogP contribution in [0.15, 0.2) is 18.5 Å². The fourth-order valence-electron chi connectivity index (χ4n) is 2.81. The van der Waals surface area contributed by atoms with Gasteiger partial charge in [-0.25, -0.2) is 0 Å². The molecule has 1 fully saturated rings. The zero-order chi connectivity index (χ0) is 12.8. The standard InChI is InChI=1S/C15H25N3/c1-3-16-11-13-9-10-17-12-15(13)18(2)14-7-5-4-6-8-14/h9-10,12,14,16H,3-8,11H2,1-2H3. The van der Waals surface area contributed by atoms with E-state index in [0.29, 0.717) is 6.04 Å². The van der Waals surface area contributed by atoms with Gasteiger partial charge in [0, 0.05) is 25.8 Å². The lowest BCUT2D eigenvalue weighted by Crippen LogP contribution is -2.34. The molecule has 1 saturated carbocycles. The summed E-state index contributed by atoms with van der Waals surface area (Å²) in [6, 6.07) is 2.83. The van der Waals surface area contributed by atoms with Crippen molar-refractivity contribution in [3.8, 4) is 0 Å². The summed E-state index contributed by atoms with van der Waals surface area (Å²) in [5.74, 6) is 0. The van der Waals surface area contributed by atoms with E-state index in [1.807, 2.05) is 12.4 Å². The van der Waals surface area contributed by atoms with Crippen molar-refractivity contribution in [1.29, 1.82) is 0 Å². The van der Waals surface area contributed by atoms with E-state index in [0.717, 1.165) is 13.1 Å². The average molecular weight is 247 g/mol. The van der Waals surface area contributed by atoms with Crippen LogP contribution in [0.25, 0.3) is 0 Å². The second-order valence-corrected chi connectivity index (χ2v) is 5.19. The van der Waals surface area contributed by atoms with E-state index in [9.17, 15) is 0 Å². The predicted molar refractivity (Wildman–Crippen MR) is 76.9 cm³/mol. The van der Waals surface area contributed by atoms with Gasteiger partial charge in [0.25, 0.3) is 0 Å². The third-order valence-electron chi connectivity index (χ3n) is 3.96. The molecule has 18 heavy (non-hydrogen) atoms. The number of hydrogen-bond acceptors (Lipinski definition) is 3. The van der Waals surface area contributed by atoms with Crippen LogP contribution in [-0.4, -0.2) is 24.6 Å². The molecule has 0 saturated heterocycles. The first-order valence-electron chi connectivity index (χ1n) is 7.19. The highest BCUT2D eigenvalue weighted by molar-refractivity contribution is 5.51. The topological polar surface area (TPSA) is 28.2 Å². The van der Waals surface area contributed by atoms with E-state index < -0.39 is 0 Å². The smallest absolute Gasteiger partial charge is 0.0598 e. The van der Waals surface area contributed by atoms with E-state index in [2.05, 4.69) is 35.2 Å². The maximum Gasteiger partial charge on any atom is 0.0598 e. The second kappa shape index (κ2) is 6.74. The Kier molecular flexibility index (Phi) is 5.00. The van der Waals surface area contributed by atoms with Gasteiger partial charge in [0.15, 0.2) is 0 Å². The summed E-state index contributed by atoms with van der Waals surface area (Å²) in [5, 5.41) is 3.41. The highest BCUT2D eigenvalue weighted by Gasteiger charge is 2.19. The van der Waals surface area contributed by atoms with Crippen LogP contribution in [0.4, 0.5) is 5.69 Å². The first-order valence-corrected chi connectivity index (χ1v) is 7.19. The summed E-state index contributed by atoms with van der Waals surface area (Å²) in [7, 11) is 2.22. The molecule has 1 aromatic heterocycles. The molecule has 0 amide bonds. The lowest BCUT2D eigenvalue weighted by Gasteiger charge is -2.34. The Morgan fingerprint density at radius 1 is 1.33 bits per heavy atom. The fraction of sp³-hybridized carbons (Fsp3) is 0.667. The normalized spacial score (nSPS) is 16.8. The van der Waals surface area contributed by atoms with Crippen molar-refractivity contribution in [2.75, 3.05) is 18.5 Å². The summed E-state index contributed by atoms with van der Waals surface area (Å²) in [6.45, 7) is 4.09. The zero-order valence-electron chi connectivity index (χ0n) is 11.7. The number of anilines is 1. The number of rotatable bonds is 5. The van der Waals surface area contributed by atoms with Crippen LogP contribution in [0, 0.1) is 0 Å². The molecule has 2 rings (SSSR count). The molecule has 1 aliphatic rings. The van der Waals surface area contributed by atoms with Crippen molar-refractivity contribution in [3.05, 3.63) is 24.0 Å². The van der Waals surface area contributed by atoms with Gasteiger partial charge in [0.05, 0.1) is 11.9 Å². The Morgan fingerprint density at radius 3 is 2.83 bits per heavy atom. The van der Waals surface area contributed by atoms with Gasteiger partial charge >= 0.3 is 0 Å². The Labute approximate surface area is 111 Å². The SMILES string of the molecule is CCNCc1ccncc1N(C)C1CCCCC1. The van der Waals surface area contributed by atoms with E-state index >= 15 is 0 Å². The molecule has 0 radical (unpaired) electrons. The molecule has 0 aromatic carbocycles. The van der Waals surface area contributed by atoms with Crippen LogP contribution in [0.3, 0.4) is 0 Å². The number of nitrogens with zero attached hydrogens (tertiary/aromatic N) is 2. The molecule has 3 nitrogen and oxygen atoms in total. The van der Waals surface area contributed by atoms with Crippen LogP contribution >= 0.6 is 0 Å². The van der Waals surface area contributed by atoms with Crippen LogP contribution in [0.2, 0.25) is 0 Å². The largest absolute Gasteiger partial charge is 0.370 e. The summed E-state index contributed by atoms with van der Waals surface area (Å²) >= 11 is 0. The average Bonchev–Trinajstić information content (AvgIpc) is 2.45. The fourth-order valence-corrected chi connectivity index (χ4v) is 2.81. The maximum absolute atomic E-state index is 4.30. The van der Waals surface area contributed by atoms with Gasteiger partial charge in [-0.05, 0) is 31.0 Å². The number of hydrogen-bond donors (Lipinski definition) is 1. The first-order chi connectivity index (χ1) is 8.83. The molecular weight excluding hydrogens is 222 g/mol. The van der Waals surface area contributed by atoms with Crippen LogP contribution in [0.1, 0.15) is 44.6 Å². The van der Waals surface area contributed by atoms with Crippen molar-refractivity contribution in [3.63, 3.8) is 0 Å². The van der Waals surface area contributed by atoms with Gasteiger partial charge in [0.2, 0.25) is 0 Å². The minimum Gasteiger partial charge on any atom is -0.370 e. The van der Waals surface area contributed by atoms with Gasteiger partial charge in [-0.15, -0.1) is 0 Å². The van der Waals surface area contributed by atoms with Crippen molar-refractivity contribution in [2.45, 2.75) is 51.6 Å². The van der Waals surface area contributed by atoms with E-state index in [4.69, 9.17) is 0 Å². The van der Waals surface area contributed by atoms with Crippen LogP contribution < -0.4 is 10.2 Å². The van der Waals surface area contributed by atoms with Crippen molar-refractivity contribution in [1.82, 2.24) is 10.3 Å². The van der Waals surface area contributed by atoms with Gasteiger partial charge in [-0.3, -0.25) is 4.98 Å². The predicted octanol–water partition coefficient (Wildman–Crippen LogP) is 2.96. The molecule has 3 heteroatoms. The molecule has 1 aromatic rings. The summed E-state index contributed by atoms with van der Waals surface area (Å²) in [5.41, 5.74) is 2.66. The highest BCUT2D eigenvalue weighted by Crippen LogP contribution is 2.27. The Hall–Kier alpha value is -1.09. The highest BCUT2D eigenvalue weighted by atomic mass is 15.1. The molecule has 0 aliphatic heterocycles. The lowest BCUT2D eigenvalue weighted by molar-refractivity contribution is 0.427. The molecule has 0 spiro atoms. The molecule has 100 valence electrons. The molecule has 0 unspecified atom stereocenters. The van der Waals surface area contributed by atoms with Crippen LogP contribution in [0.5, 0.6) is 0 Å². The Balaban J connectivity index is 2.10. The summed E-state index contributed by atoms with van der Waals surface area (Å²) < 4.78 is 0. The number of aromatic nitrogens is 1. The number of pyridine rings is 1. The molecule has 0 atom stereocenters. The quantitative estimate of drug-likeness (QED) is 0.867. The van der Waals surface area contributed by atoms with E-state index in [1.54, 1.807) is 0 Å². The van der Waals surface area contributed by atoms with Gasteiger partial charge in [-0.1, -0.05) is 26.2 Å². The number of nitrogens with one attached hydrogen (secondary N) is 1. The maximum atomic E-state index is 4.30. The van der Waals surface area contributed by atoms with Crippen molar-refractivity contribution in [2.24, 2.45) is 0 Å². The van der Waals surface area contributed by atoms with Gasteiger partial charge in [-0.2, -0.15) is 0 Å². The minimum absolute atomic E-state index is 0.698. The minimum atomic E-state index is 0.698. The molecule has 1 aliphatic carbocycles. The summed E-state index contributed by atoms with van der Waals surface area (Å²) in [4.78, 5) is 6.74. The first kappa shape index (κ1) is 13.3. The summed E-state index contributed by atoms with van der Waals surface area (Å²) in [6.07, 6.45) is 10.7. The van der Waals surface area contributed by atoms with E-state index in [-0.39, 0.29) is 0 Å². The lowest BCUT2D eigenvalue weighted by atomic mass is 9.94. The third-order valence-corrected chi connectivity index (χ3v) is 3.96. The Bertz CT molecular complexity index is 359. The zero-order valence-corrected chi connectivity index (χ0v) is 11.7. The molecule has 1 N–H and O–H groups in total. The van der Waals surface area contributed by atoms with Crippen molar-refractivity contribution < 1.29 is 0 Å². The van der Waals surface area contributed by atoms with E-state index in [1.165, 1.54) is 43.4 Å². The van der Waals surface area contributed by atoms with Gasteiger partial charge in [0.1, 0.15) is 0 Å². The monoisotopic (exact) mass is 247 g/mol. The Morgan fingerprint density at radius 2 is 2.11 bits per heavy atom. The molecule has 0 bridgehead atoms. The third kappa shape index (κ3) is 3.22. The van der Waals surface area contributed by atoms with Crippen LogP contribution in [-0.2, 0) is 6.54 Å². The van der Waals surface area contributed by atoms with Gasteiger partial charge < -0.3 is 10.2 Å².